The van der Waals surface area contributed by atoms with Crippen LogP contribution in [0.2, 0.25) is 0 Å². The van der Waals surface area contributed by atoms with Gasteiger partial charge in [0.05, 0.1) is 0 Å². The summed E-state index contributed by atoms with van der Waals surface area (Å²) in [6, 6.07) is 9.53. The Morgan fingerprint density at radius 2 is 1.81 bits per heavy atom. The maximum Gasteiger partial charge on any atom is 0.253 e. The molecule has 1 aliphatic heterocycles. The minimum absolute atomic E-state index is 0.160. The first-order valence-electron chi connectivity index (χ1n) is 5.52. The molecule has 0 radical (unpaired) electrons. The number of halogens is 1. The van der Waals surface area contributed by atoms with Crippen molar-refractivity contribution in [3.63, 3.8) is 0 Å². The standard InChI is InChI=1S/C12H15IN2O/c13-15-8-4-7-14(9-10-15)12(16)11-5-2-1-3-6-11/h1-3,5-6H,4,7-10H2. The monoisotopic (exact) mass is 330 g/mol. The third kappa shape index (κ3) is 2.95. The second-order valence-corrected chi connectivity index (χ2v) is 5.29. The third-order valence-corrected chi connectivity index (χ3v) is 3.71. The number of amides is 1. The molecule has 1 fully saturated rings. The predicted octanol–water partition coefficient (Wildman–Crippen LogP) is 2.18. The van der Waals surface area contributed by atoms with Gasteiger partial charge in [0, 0.05) is 54.6 Å². The molecular formula is C12H15IN2O. The van der Waals surface area contributed by atoms with Crippen molar-refractivity contribution in [3.05, 3.63) is 35.9 Å². The van der Waals surface area contributed by atoms with Crippen LogP contribution in [-0.4, -0.2) is 40.1 Å². The first kappa shape index (κ1) is 11.9. The minimum atomic E-state index is 0.160. The van der Waals surface area contributed by atoms with Gasteiger partial charge >= 0.3 is 0 Å². The highest BCUT2D eigenvalue weighted by atomic mass is 127. The zero-order valence-electron chi connectivity index (χ0n) is 9.10. The van der Waals surface area contributed by atoms with E-state index in [9.17, 15) is 4.79 Å². The molecule has 1 amide bonds. The molecule has 1 heterocycles. The van der Waals surface area contributed by atoms with Gasteiger partial charge in [-0.3, -0.25) is 4.79 Å². The van der Waals surface area contributed by atoms with E-state index in [0.29, 0.717) is 0 Å². The third-order valence-electron chi connectivity index (χ3n) is 2.75. The summed E-state index contributed by atoms with van der Waals surface area (Å²) in [5.41, 5.74) is 0.796. The summed E-state index contributed by atoms with van der Waals surface area (Å²) in [5.74, 6) is 0.160. The molecule has 0 aromatic heterocycles. The van der Waals surface area contributed by atoms with Gasteiger partial charge in [0.15, 0.2) is 0 Å². The molecule has 0 atom stereocenters. The summed E-state index contributed by atoms with van der Waals surface area (Å²) in [5, 5.41) is 0. The highest BCUT2D eigenvalue weighted by Gasteiger charge is 2.18. The van der Waals surface area contributed by atoms with Crippen molar-refractivity contribution >= 4 is 28.8 Å². The largest absolute Gasteiger partial charge is 0.337 e. The van der Waals surface area contributed by atoms with Gasteiger partial charge in [-0.15, -0.1) is 0 Å². The highest BCUT2D eigenvalue weighted by Crippen LogP contribution is 2.11. The van der Waals surface area contributed by atoms with Crippen LogP contribution in [0.1, 0.15) is 16.8 Å². The molecule has 0 N–H and O–H groups in total. The van der Waals surface area contributed by atoms with Crippen molar-refractivity contribution in [1.82, 2.24) is 8.01 Å². The van der Waals surface area contributed by atoms with E-state index in [1.807, 2.05) is 35.2 Å². The van der Waals surface area contributed by atoms with Crippen molar-refractivity contribution in [2.75, 3.05) is 26.2 Å². The number of benzene rings is 1. The van der Waals surface area contributed by atoms with E-state index in [1.54, 1.807) is 0 Å². The van der Waals surface area contributed by atoms with Crippen molar-refractivity contribution in [2.45, 2.75) is 6.42 Å². The Hall–Kier alpha value is -0.620. The first-order valence-corrected chi connectivity index (χ1v) is 6.49. The van der Waals surface area contributed by atoms with E-state index in [0.717, 1.165) is 38.2 Å². The zero-order valence-corrected chi connectivity index (χ0v) is 11.3. The van der Waals surface area contributed by atoms with E-state index in [-0.39, 0.29) is 5.91 Å². The normalized spacial score (nSPS) is 18.2. The molecule has 16 heavy (non-hydrogen) atoms. The second kappa shape index (κ2) is 5.63. The highest BCUT2D eigenvalue weighted by molar-refractivity contribution is 14.1. The number of hydrogen-bond acceptors (Lipinski definition) is 2. The van der Waals surface area contributed by atoms with Gasteiger partial charge in [-0.25, -0.2) is 3.11 Å². The molecule has 3 nitrogen and oxygen atoms in total. The Kier molecular flexibility index (Phi) is 4.17. The van der Waals surface area contributed by atoms with Crippen LogP contribution >= 0.6 is 22.9 Å². The van der Waals surface area contributed by atoms with E-state index < -0.39 is 0 Å². The van der Waals surface area contributed by atoms with Crippen LogP contribution in [0.15, 0.2) is 30.3 Å². The lowest BCUT2D eigenvalue weighted by Gasteiger charge is -2.20. The van der Waals surface area contributed by atoms with E-state index >= 15 is 0 Å². The fourth-order valence-electron chi connectivity index (χ4n) is 1.85. The van der Waals surface area contributed by atoms with Crippen molar-refractivity contribution in [1.29, 1.82) is 0 Å². The molecule has 86 valence electrons. The lowest BCUT2D eigenvalue weighted by Crippen LogP contribution is -2.33. The molecule has 1 saturated heterocycles. The van der Waals surface area contributed by atoms with Crippen LogP contribution in [0.25, 0.3) is 0 Å². The Morgan fingerprint density at radius 1 is 1.06 bits per heavy atom. The number of nitrogens with zero attached hydrogens (tertiary/aromatic N) is 2. The SMILES string of the molecule is O=C(c1ccccc1)N1CCCN(I)CC1. The zero-order chi connectivity index (χ0) is 11.4. The molecule has 1 aromatic rings. The maximum atomic E-state index is 12.2. The fraction of sp³-hybridized carbons (Fsp3) is 0.417. The average Bonchev–Trinajstić information content (AvgIpc) is 2.54. The Balaban J connectivity index is 2.04. The molecular weight excluding hydrogens is 315 g/mol. The predicted molar refractivity (Wildman–Crippen MR) is 72.6 cm³/mol. The van der Waals surface area contributed by atoms with Crippen molar-refractivity contribution < 1.29 is 4.79 Å². The van der Waals surface area contributed by atoms with Gasteiger partial charge in [-0.1, -0.05) is 18.2 Å². The molecule has 1 aromatic carbocycles. The van der Waals surface area contributed by atoms with Gasteiger partial charge < -0.3 is 4.90 Å². The van der Waals surface area contributed by atoms with Crippen LogP contribution in [0.5, 0.6) is 0 Å². The molecule has 0 bridgehead atoms. The van der Waals surface area contributed by atoms with E-state index in [2.05, 4.69) is 26.0 Å². The van der Waals surface area contributed by atoms with Crippen molar-refractivity contribution in [3.8, 4) is 0 Å². The molecule has 2 rings (SSSR count). The smallest absolute Gasteiger partial charge is 0.253 e. The summed E-state index contributed by atoms with van der Waals surface area (Å²) in [7, 11) is 0. The summed E-state index contributed by atoms with van der Waals surface area (Å²) in [6.45, 7) is 3.72. The summed E-state index contributed by atoms with van der Waals surface area (Å²) >= 11 is 2.33. The van der Waals surface area contributed by atoms with Crippen LogP contribution < -0.4 is 0 Å². The number of rotatable bonds is 1. The van der Waals surface area contributed by atoms with Gasteiger partial charge in [-0.2, -0.15) is 0 Å². The van der Waals surface area contributed by atoms with Crippen LogP contribution in [0, 0.1) is 0 Å². The van der Waals surface area contributed by atoms with Gasteiger partial charge in [0.1, 0.15) is 0 Å². The lowest BCUT2D eigenvalue weighted by molar-refractivity contribution is 0.0765. The number of carbonyl (C=O) groups excluding carboxylic acids is 1. The minimum Gasteiger partial charge on any atom is -0.337 e. The summed E-state index contributed by atoms with van der Waals surface area (Å²) in [4.78, 5) is 14.1. The van der Waals surface area contributed by atoms with Crippen LogP contribution in [0.3, 0.4) is 0 Å². The fourth-order valence-corrected chi connectivity index (χ4v) is 2.41. The molecule has 4 heteroatoms. The maximum absolute atomic E-state index is 12.2. The van der Waals surface area contributed by atoms with Crippen molar-refractivity contribution in [2.24, 2.45) is 0 Å². The quantitative estimate of drug-likeness (QED) is 0.582. The first-order chi connectivity index (χ1) is 7.77. The summed E-state index contributed by atoms with van der Waals surface area (Å²) < 4.78 is 2.25. The Bertz CT molecular complexity index is 355. The van der Waals surface area contributed by atoms with Gasteiger partial charge in [-0.05, 0) is 18.6 Å². The van der Waals surface area contributed by atoms with E-state index in [1.165, 1.54) is 0 Å². The lowest BCUT2D eigenvalue weighted by atomic mass is 10.2. The number of carbonyl (C=O) groups is 1. The molecule has 1 aliphatic rings. The topological polar surface area (TPSA) is 23.6 Å². The van der Waals surface area contributed by atoms with E-state index in [4.69, 9.17) is 0 Å². The van der Waals surface area contributed by atoms with Crippen LogP contribution in [0.4, 0.5) is 0 Å². The number of hydrogen-bond donors (Lipinski definition) is 0. The molecule has 0 aliphatic carbocycles. The average molecular weight is 330 g/mol. The Labute approximate surface area is 110 Å². The summed E-state index contributed by atoms with van der Waals surface area (Å²) in [6.07, 6.45) is 1.06. The van der Waals surface area contributed by atoms with Gasteiger partial charge in [0.2, 0.25) is 0 Å². The molecule has 0 saturated carbocycles. The Morgan fingerprint density at radius 3 is 2.56 bits per heavy atom. The van der Waals surface area contributed by atoms with Gasteiger partial charge in [0.25, 0.3) is 5.91 Å². The molecule has 0 unspecified atom stereocenters. The second-order valence-electron chi connectivity index (χ2n) is 3.92. The van der Waals surface area contributed by atoms with Crippen LogP contribution in [-0.2, 0) is 0 Å². The molecule has 0 spiro atoms.